The van der Waals surface area contributed by atoms with Gasteiger partial charge in [0.1, 0.15) is 0 Å². The van der Waals surface area contributed by atoms with E-state index in [9.17, 15) is 0 Å². The van der Waals surface area contributed by atoms with Crippen molar-refractivity contribution in [1.82, 2.24) is 0 Å². The number of anilines is 1. The van der Waals surface area contributed by atoms with Crippen molar-refractivity contribution in [1.29, 1.82) is 5.26 Å². The van der Waals surface area contributed by atoms with E-state index in [1.807, 2.05) is 18.2 Å². The second kappa shape index (κ2) is 6.48. The number of benzene rings is 1. The molecule has 3 nitrogen and oxygen atoms in total. The van der Waals surface area contributed by atoms with Gasteiger partial charge in [-0.15, -0.1) is 0 Å². The molecule has 0 spiro atoms. The number of halogens is 1. The summed E-state index contributed by atoms with van der Waals surface area (Å²) in [5, 5.41) is 18.3. The first kappa shape index (κ1) is 13.8. The zero-order valence-electron chi connectivity index (χ0n) is 10.2. The average Bonchev–Trinajstić information content (AvgIpc) is 2.29. The summed E-state index contributed by atoms with van der Waals surface area (Å²) in [5.41, 5.74) is 1.71. The van der Waals surface area contributed by atoms with Gasteiger partial charge >= 0.3 is 0 Å². The van der Waals surface area contributed by atoms with Crippen molar-refractivity contribution in [3.05, 3.63) is 28.8 Å². The molecule has 0 saturated carbocycles. The lowest BCUT2D eigenvalue weighted by atomic mass is 10.1. The molecule has 0 heterocycles. The predicted molar refractivity (Wildman–Crippen MR) is 70.1 cm³/mol. The molecule has 0 radical (unpaired) electrons. The average molecular weight is 253 g/mol. The first-order valence-electron chi connectivity index (χ1n) is 5.63. The van der Waals surface area contributed by atoms with Crippen LogP contribution in [0.4, 0.5) is 5.69 Å². The monoisotopic (exact) mass is 252 g/mol. The zero-order chi connectivity index (χ0) is 12.8. The Labute approximate surface area is 107 Å². The predicted octanol–water partition coefficient (Wildman–Crippen LogP) is 2.96. The van der Waals surface area contributed by atoms with E-state index in [2.05, 4.69) is 24.8 Å². The van der Waals surface area contributed by atoms with Gasteiger partial charge in [0.15, 0.2) is 0 Å². The van der Waals surface area contributed by atoms with Gasteiger partial charge < -0.3 is 10.0 Å². The highest BCUT2D eigenvalue weighted by atomic mass is 35.5. The van der Waals surface area contributed by atoms with Gasteiger partial charge in [0.25, 0.3) is 0 Å². The normalized spacial score (nSPS) is 10.4. The molecule has 0 aliphatic carbocycles. The van der Waals surface area contributed by atoms with E-state index < -0.39 is 0 Å². The van der Waals surface area contributed by atoms with Gasteiger partial charge in [-0.05, 0) is 31.5 Å². The SMILES string of the molecule is CC(C)N(CCC#N)c1ccc(CO)c(Cl)c1. The fourth-order valence-corrected chi connectivity index (χ4v) is 1.93. The lowest BCUT2D eigenvalue weighted by Crippen LogP contribution is -2.31. The Morgan fingerprint density at radius 2 is 2.18 bits per heavy atom. The molecule has 0 fully saturated rings. The molecule has 0 bridgehead atoms. The lowest BCUT2D eigenvalue weighted by molar-refractivity contribution is 0.282. The highest BCUT2D eigenvalue weighted by molar-refractivity contribution is 6.31. The molecule has 0 unspecified atom stereocenters. The minimum Gasteiger partial charge on any atom is -0.392 e. The maximum atomic E-state index is 9.06. The van der Waals surface area contributed by atoms with Crippen LogP contribution in [0.2, 0.25) is 5.02 Å². The molecule has 4 heteroatoms. The molecule has 1 aromatic rings. The first-order valence-corrected chi connectivity index (χ1v) is 6.00. The second-order valence-electron chi connectivity index (χ2n) is 4.13. The van der Waals surface area contributed by atoms with Crippen LogP contribution in [0.3, 0.4) is 0 Å². The summed E-state index contributed by atoms with van der Waals surface area (Å²) < 4.78 is 0. The smallest absolute Gasteiger partial charge is 0.0696 e. The number of aliphatic hydroxyl groups is 1. The van der Waals surface area contributed by atoms with Gasteiger partial charge in [0, 0.05) is 23.3 Å². The molecule has 0 aliphatic heterocycles. The quantitative estimate of drug-likeness (QED) is 0.877. The van der Waals surface area contributed by atoms with Crippen molar-refractivity contribution >= 4 is 17.3 Å². The Hall–Kier alpha value is -1.24. The van der Waals surface area contributed by atoms with Crippen LogP contribution in [0.5, 0.6) is 0 Å². The molecule has 0 amide bonds. The molecule has 0 atom stereocenters. The van der Waals surface area contributed by atoms with Gasteiger partial charge in [-0.1, -0.05) is 17.7 Å². The fraction of sp³-hybridized carbons (Fsp3) is 0.462. The Morgan fingerprint density at radius 3 is 2.65 bits per heavy atom. The summed E-state index contributed by atoms with van der Waals surface area (Å²) in [6.07, 6.45) is 0.484. The van der Waals surface area contributed by atoms with Crippen LogP contribution in [0, 0.1) is 11.3 Å². The summed E-state index contributed by atoms with van der Waals surface area (Å²) in [7, 11) is 0. The lowest BCUT2D eigenvalue weighted by Gasteiger charge is -2.28. The molecule has 1 rings (SSSR count). The third-order valence-corrected chi connectivity index (χ3v) is 2.98. The van der Waals surface area contributed by atoms with Crippen LogP contribution in [0.15, 0.2) is 18.2 Å². The van der Waals surface area contributed by atoms with Crippen LogP contribution in [0.25, 0.3) is 0 Å². The van der Waals surface area contributed by atoms with Gasteiger partial charge in [-0.3, -0.25) is 0 Å². The second-order valence-corrected chi connectivity index (χ2v) is 4.54. The minimum atomic E-state index is -0.0566. The Morgan fingerprint density at radius 1 is 1.47 bits per heavy atom. The van der Waals surface area contributed by atoms with E-state index in [0.717, 1.165) is 11.3 Å². The third-order valence-electron chi connectivity index (χ3n) is 2.63. The van der Waals surface area contributed by atoms with Crippen LogP contribution in [0.1, 0.15) is 25.8 Å². The van der Waals surface area contributed by atoms with Crippen LogP contribution < -0.4 is 4.90 Å². The van der Waals surface area contributed by atoms with E-state index >= 15 is 0 Å². The Balaban J connectivity index is 2.95. The fourth-order valence-electron chi connectivity index (χ4n) is 1.70. The van der Waals surface area contributed by atoms with Crippen molar-refractivity contribution in [3.63, 3.8) is 0 Å². The molecule has 0 saturated heterocycles. The topological polar surface area (TPSA) is 47.3 Å². The molecular weight excluding hydrogens is 236 g/mol. The molecule has 0 aliphatic rings. The van der Waals surface area contributed by atoms with Crippen molar-refractivity contribution in [2.75, 3.05) is 11.4 Å². The van der Waals surface area contributed by atoms with Gasteiger partial charge in [-0.2, -0.15) is 5.26 Å². The van der Waals surface area contributed by atoms with E-state index in [-0.39, 0.29) is 6.61 Å². The van der Waals surface area contributed by atoms with Gasteiger partial charge in [0.2, 0.25) is 0 Å². The molecule has 1 aromatic carbocycles. The summed E-state index contributed by atoms with van der Waals surface area (Å²) in [4.78, 5) is 2.12. The summed E-state index contributed by atoms with van der Waals surface area (Å²) in [6.45, 7) is 4.78. The number of hydrogen-bond donors (Lipinski definition) is 1. The van der Waals surface area contributed by atoms with Crippen LogP contribution in [-0.2, 0) is 6.61 Å². The van der Waals surface area contributed by atoms with E-state index in [1.165, 1.54) is 0 Å². The highest BCUT2D eigenvalue weighted by Gasteiger charge is 2.11. The molecule has 17 heavy (non-hydrogen) atoms. The largest absolute Gasteiger partial charge is 0.392 e. The van der Waals surface area contributed by atoms with E-state index in [1.54, 1.807) is 0 Å². The number of nitrogens with zero attached hydrogens (tertiary/aromatic N) is 2. The summed E-state index contributed by atoms with van der Waals surface area (Å²) in [6, 6.07) is 8.03. The molecule has 1 N–H and O–H groups in total. The standard InChI is InChI=1S/C13H17ClN2O/c1-10(2)16(7-3-6-15)12-5-4-11(9-17)13(14)8-12/h4-5,8,10,17H,3,7,9H2,1-2H3. The number of nitriles is 1. The van der Waals surface area contributed by atoms with Crippen molar-refractivity contribution in [3.8, 4) is 6.07 Å². The number of hydrogen-bond acceptors (Lipinski definition) is 3. The maximum Gasteiger partial charge on any atom is 0.0696 e. The zero-order valence-corrected chi connectivity index (χ0v) is 10.9. The van der Waals surface area contributed by atoms with Crippen molar-refractivity contribution in [2.24, 2.45) is 0 Å². The number of rotatable bonds is 5. The van der Waals surface area contributed by atoms with Crippen LogP contribution >= 0.6 is 11.6 Å². The highest BCUT2D eigenvalue weighted by Crippen LogP contribution is 2.25. The minimum absolute atomic E-state index is 0.0566. The number of aliphatic hydroxyl groups excluding tert-OH is 1. The van der Waals surface area contributed by atoms with Gasteiger partial charge in [-0.25, -0.2) is 0 Å². The van der Waals surface area contributed by atoms with Gasteiger partial charge in [0.05, 0.1) is 19.1 Å². The third kappa shape index (κ3) is 3.62. The van der Waals surface area contributed by atoms with Crippen molar-refractivity contribution < 1.29 is 5.11 Å². The maximum absolute atomic E-state index is 9.06. The summed E-state index contributed by atoms with van der Waals surface area (Å²) in [5.74, 6) is 0. The van der Waals surface area contributed by atoms with E-state index in [4.69, 9.17) is 22.0 Å². The molecule has 92 valence electrons. The molecule has 0 aromatic heterocycles. The summed E-state index contributed by atoms with van der Waals surface area (Å²) >= 11 is 6.06. The van der Waals surface area contributed by atoms with Crippen LogP contribution in [-0.4, -0.2) is 17.7 Å². The molecular formula is C13H17ClN2O. The first-order chi connectivity index (χ1) is 8.10. The Bertz CT molecular complexity index is 412. The van der Waals surface area contributed by atoms with E-state index in [0.29, 0.717) is 24.0 Å². The van der Waals surface area contributed by atoms with Crippen molar-refractivity contribution in [2.45, 2.75) is 32.9 Å². The Kier molecular flexibility index (Phi) is 5.27.